The molecule has 0 bridgehead atoms. The van der Waals surface area contributed by atoms with Crippen molar-refractivity contribution < 1.29 is 17.9 Å². The van der Waals surface area contributed by atoms with E-state index < -0.39 is 12.8 Å². The highest BCUT2D eigenvalue weighted by Crippen LogP contribution is 2.60. The van der Waals surface area contributed by atoms with Crippen molar-refractivity contribution in [2.24, 2.45) is 23.0 Å². The lowest BCUT2D eigenvalue weighted by Crippen LogP contribution is -2.29. The molecular weight excluding hydrogens is 231 g/mol. The van der Waals surface area contributed by atoms with Gasteiger partial charge in [-0.15, -0.1) is 0 Å². The van der Waals surface area contributed by atoms with Crippen LogP contribution in [0.3, 0.4) is 0 Å². The van der Waals surface area contributed by atoms with Crippen molar-refractivity contribution in [3.63, 3.8) is 0 Å². The molecule has 2 N–H and O–H groups in total. The predicted molar refractivity (Wildman–Crippen MR) is 58.4 cm³/mol. The molecule has 0 radical (unpaired) electrons. The van der Waals surface area contributed by atoms with Crippen LogP contribution in [0.4, 0.5) is 13.2 Å². The number of alkyl halides is 3. The number of fused-ring (bicyclic) bond motifs is 1. The summed E-state index contributed by atoms with van der Waals surface area (Å²) in [7, 11) is 0. The Morgan fingerprint density at radius 2 is 1.88 bits per heavy atom. The van der Waals surface area contributed by atoms with Crippen LogP contribution in [0.25, 0.3) is 0 Å². The van der Waals surface area contributed by atoms with Gasteiger partial charge in [-0.2, -0.15) is 13.2 Å². The second-order valence-corrected chi connectivity index (χ2v) is 5.64. The smallest absolute Gasteiger partial charge is 0.372 e. The van der Waals surface area contributed by atoms with Gasteiger partial charge in [0.25, 0.3) is 0 Å². The molecule has 2 rings (SSSR count). The number of hydrogen-bond donors (Lipinski definition) is 1. The van der Waals surface area contributed by atoms with Gasteiger partial charge >= 0.3 is 6.18 Å². The first-order valence-electron chi connectivity index (χ1n) is 6.29. The minimum Gasteiger partial charge on any atom is -0.372 e. The van der Waals surface area contributed by atoms with Crippen molar-refractivity contribution >= 4 is 0 Å². The van der Waals surface area contributed by atoms with Crippen LogP contribution in [-0.2, 0) is 4.74 Å². The van der Waals surface area contributed by atoms with Crippen LogP contribution >= 0.6 is 0 Å². The van der Waals surface area contributed by atoms with E-state index in [1.54, 1.807) is 0 Å². The zero-order valence-corrected chi connectivity index (χ0v) is 9.93. The molecule has 2 fully saturated rings. The molecule has 0 aromatic carbocycles. The molecule has 0 aliphatic heterocycles. The lowest BCUT2D eigenvalue weighted by atomic mass is 9.79. The van der Waals surface area contributed by atoms with Crippen LogP contribution in [0, 0.1) is 17.3 Å². The van der Waals surface area contributed by atoms with Crippen LogP contribution in [-0.4, -0.2) is 25.9 Å². The molecule has 2 saturated carbocycles. The molecule has 5 heteroatoms. The predicted octanol–water partition coefficient (Wildman–Crippen LogP) is 2.72. The van der Waals surface area contributed by atoms with Gasteiger partial charge in [0.05, 0.1) is 0 Å². The maximum Gasteiger partial charge on any atom is 0.411 e. The highest BCUT2D eigenvalue weighted by atomic mass is 19.4. The summed E-state index contributed by atoms with van der Waals surface area (Å²) in [6, 6.07) is 0. The monoisotopic (exact) mass is 251 g/mol. The van der Waals surface area contributed by atoms with Gasteiger partial charge in [0.1, 0.15) is 6.61 Å². The van der Waals surface area contributed by atoms with Crippen molar-refractivity contribution in [1.82, 2.24) is 0 Å². The topological polar surface area (TPSA) is 35.2 Å². The molecule has 0 heterocycles. The minimum absolute atomic E-state index is 0.191. The Balaban J connectivity index is 1.61. The molecule has 0 spiro atoms. The summed E-state index contributed by atoms with van der Waals surface area (Å²) < 4.78 is 40.1. The fourth-order valence-corrected chi connectivity index (χ4v) is 3.22. The van der Waals surface area contributed by atoms with Crippen molar-refractivity contribution in [3.8, 4) is 0 Å². The summed E-state index contributed by atoms with van der Waals surface area (Å²) in [5, 5.41) is 0. The summed E-state index contributed by atoms with van der Waals surface area (Å²) in [6.07, 6.45) is 1.08. The maximum atomic E-state index is 11.8. The Bertz CT molecular complexity index is 257. The minimum atomic E-state index is -4.21. The molecule has 2 nitrogen and oxygen atoms in total. The zero-order chi connectivity index (χ0) is 12.5. The van der Waals surface area contributed by atoms with Crippen molar-refractivity contribution in [3.05, 3.63) is 0 Å². The van der Waals surface area contributed by atoms with E-state index in [4.69, 9.17) is 5.73 Å². The van der Waals surface area contributed by atoms with Gasteiger partial charge < -0.3 is 10.5 Å². The second kappa shape index (κ2) is 4.76. The van der Waals surface area contributed by atoms with Crippen LogP contribution in [0.2, 0.25) is 0 Å². The molecular formula is C12H20F3NO. The molecule has 2 unspecified atom stereocenters. The SMILES string of the molecule is NCC1(CCCOCC(F)(F)F)CC2CC2C1. The van der Waals surface area contributed by atoms with E-state index >= 15 is 0 Å². The molecule has 0 aromatic rings. The van der Waals surface area contributed by atoms with E-state index in [2.05, 4.69) is 4.74 Å². The molecule has 2 aliphatic carbocycles. The molecule has 0 aromatic heterocycles. The largest absolute Gasteiger partial charge is 0.411 e. The summed E-state index contributed by atoms with van der Waals surface area (Å²) in [4.78, 5) is 0. The van der Waals surface area contributed by atoms with Crippen LogP contribution in [0.1, 0.15) is 32.1 Å². The fourth-order valence-electron chi connectivity index (χ4n) is 3.22. The van der Waals surface area contributed by atoms with Crippen molar-refractivity contribution in [2.45, 2.75) is 38.3 Å². The van der Waals surface area contributed by atoms with Gasteiger partial charge in [0, 0.05) is 6.61 Å². The average Bonchev–Trinajstić information content (AvgIpc) is 2.85. The lowest BCUT2D eigenvalue weighted by Gasteiger charge is -2.29. The third kappa shape index (κ3) is 3.58. The standard InChI is InChI=1S/C12H20F3NO/c13-12(14,15)8-17-3-1-2-11(7-16)5-9-4-10(9)6-11/h9-10H,1-8,16H2. The lowest BCUT2D eigenvalue weighted by molar-refractivity contribution is -0.174. The van der Waals surface area contributed by atoms with Crippen molar-refractivity contribution in [1.29, 1.82) is 0 Å². The second-order valence-electron chi connectivity index (χ2n) is 5.64. The van der Waals surface area contributed by atoms with E-state index in [0.29, 0.717) is 13.0 Å². The van der Waals surface area contributed by atoms with Crippen LogP contribution in [0.5, 0.6) is 0 Å². The number of nitrogens with two attached hydrogens (primary N) is 1. The van der Waals surface area contributed by atoms with Gasteiger partial charge in [-0.1, -0.05) is 0 Å². The fraction of sp³-hybridized carbons (Fsp3) is 1.00. The summed E-state index contributed by atoms with van der Waals surface area (Å²) in [5.41, 5.74) is 6.02. The number of ether oxygens (including phenoxy) is 1. The van der Waals surface area contributed by atoms with Gasteiger partial charge in [-0.25, -0.2) is 0 Å². The first-order valence-corrected chi connectivity index (χ1v) is 6.29. The van der Waals surface area contributed by atoms with E-state index in [0.717, 1.165) is 18.3 Å². The Morgan fingerprint density at radius 1 is 1.24 bits per heavy atom. The number of rotatable bonds is 6. The van der Waals surface area contributed by atoms with Gasteiger partial charge in [-0.05, 0) is 55.9 Å². The highest BCUT2D eigenvalue weighted by Gasteiger charge is 2.52. The maximum absolute atomic E-state index is 11.8. The Kier molecular flexibility index (Phi) is 3.69. The molecule has 0 amide bonds. The van der Waals surface area contributed by atoms with E-state index in [1.165, 1.54) is 19.3 Å². The number of hydrogen-bond acceptors (Lipinski definition) is 2. The Morgan fingerprint density at radius 3 is 2.41 bits per heavy atom. The van der Waals surface area contributed by atoms with Crippen LogP contribution < -0.4 is 5.73 Å². The third-order valence-corrected chi connectivity index (χ3v) is 4.15. The molecule has 2 atom stereocenters. The van der Waals surface area contributed by atoms with Gasteiger partial charge in [0.15, 0.2) is 0 Å². The van der Waals surface area contributed by atoms with Crippen molar-refractivity contribution in [2.75, 3.05) is 19.8 Å². The zero-order valence-electron chi connectivity index (χ0n) is 9.93. The highest BCUT2D eigenvalue weighted by molar-refractivity contribution is 5.03. The normalized spacial score (nSPS) is 36.0. The quantitative estimate of drug-likeness (QED) is 0.737. The summed E-state index contributed by atoms with van der Waals surface area (Å²) >= 11 is 0. The van der Waals surface area contributed by atoms with Gasteiger partial charge in [0.2, 0.25) is 0 Å². The van der Waals surface area contributed by atoms with E-state index in [1.807, 2.05) is 0 Å². The molecule has 100 valence electrons. The molecule has 17 heavy (non-hydrogen) atoms. The summed E-state index contributed by atoms with van der Waals surface area (Å²) in [5.74, 6) is 1.71. The average molecular weight is 251 g/mol. The first-order chi connectivity index (χ1) is 7.94. The first kappa shape index (κ1) is 13.1. The van der Waals surface area contributed by atoms with Gasteiger partial charge in [-0.3, -0.25) is 0 Å². The third-order valence-electron chi connectivity index (χ3n) is 4.15. The van der Waals surface area contributed by atoms with E-state index in [-0.39, 0.29) is 12.0 Å². The van der Waals surface area contributed by atoms with Crippen LogP contribution in [0.15, 0.2) is 0 Å². The summed E-state index contributed by atoms with van der Waals surface area (Å²) in [6.45, 7) is -0.274. The van der Waals surface area contributed by atoms with E-state index in [9.17, 15) is 13.2 Å². The Hall–Kier alpha value is -0.290. The number of halogens is 3. The molecule has 0 saturated heterocycles. The Labute approximate surface area is 99.7 Å². The molecule has 2 aliphatic rings.